The fourth-order valence-electron chi connectivity index (χ4n) is 5.52. The number of anilines is 2. The van der Waals surface area contributed by atoms with Gasteiger partial charge in [-0.2, -0.15) is 5.10 Å². The van der Waals surface area contributed by atoms with E-state index in [-0.39, 0.29) is 30.1 Å². The zero-order valence-electron chi connectivity index (χ0n) is 24.4. The molecule has 3 aromatic rings. The number of hydrogen-bond donors (Lipinski definition) is 0. The molecule has 0 aliphatic carbocycles. The van der Waals surface area contributed by atoms with Crippen LogP contribution in [0.5, 0.6) is 0 Å². The topological polar surface area (TPSA) is 64.8 Å². The molecule has 5 rings (SSSR count). The fourth-order valence-corrected chi connectivity index (χ4v) is 5.52. The van der Waals surface area contributed by atoms with Gasteiger partial charge >= 0.3 is 12.8 Å². The maximum absolute atomic E-state index is 13.0. The average molecular weight is 532 g/mol. The molecule has 1 aromatic heterocycles. The molecule has 0 unspecified atom stereocenters. The van der Waals surface area contributed by atoms with Crippen LogP contribution >= 0.6 is 0 Å². The van der Waals surface area contributed by atoms with Crippen molar-refractivity contribution in [2.45, 2.75) is 72.1 Å². The smallest absolute Gasteiger partial charge is 0.399 e. The maximum atomic E-state index is 13.0. The summed E-state index contributed by atoms with van der Waals surface area (Å²) in [6.45, 7) is 18.4. The van der Waals surface area contributed by atoms with Gasteiger partial charge in [-0.1, -0.05) is 32.9 Å². The molecule has 3 heterocycles. The van der Waals surface area contributed by atoms with Crippen molar-refractivity contribution in [1.29, 1.82) is 0 Å². The molecule has 208 valence electrons. The van der Waals surface area contributed by atoms with Gasteiger partial charge < -0.3 is 19.1 Å². The van der Waals surface area contributed by atoms with Gasteiger partial charge in [-0.15, -0.1) is 0 Å². The summed E-state index contributed by atoms with van der Waals surface area (Å²) in [5.74, 6) is 0.352. The summed E-state index contributed by atoms with van der Waals surface area (Å²) in [6.07, 6.45) is 2.52. The third-order valence-electron chi connectivity index (χ3n) is 8.75. The van der Waals surface area contributed by atoms with Crippen LogP contribution in [-0.2, 0) is 9.31 Å². The lowest BCUT2D eigenvalue weighted by molar-refractivity contribution is 0.00578. The van der Waals surface area contributed by atoms with Gasteiger partial charge in [0.05, 0.1) is 22.9 Å². The van der Waals surface area contributed by atoms with Gasteiger partial charge in [0, 0.05) is 37.6 Å². The molecule has 0 bridgehead atoms. The number of rotatable bonds is 7. The zero-order chi connectivity index (χ0) is 27.9. The average Bonchev–Trinajstić information content (AvgIpc) is 3.39. The van der Waals surface area contributed by atoms with Crippen molar-refractivity contribution in [3.63, 3.8) is 0 Å². The van der Waals surface area contributed by atoms with Gasteiger partial charge in [0.25, 0.3) is 0 Å². The normalized spacial score (nSPS) is 19.6. The van der Waals surface area contributed by atoms with Gasteiger partial charge in [0.15, 0.2) is 0 Å². The molecule has 0 N–H and O–H groups in total. The van der Waals surface area contributed by atoms with Crippen molar-refractivity contribution in [3.05, 3.63) is 65.3 Å². The van der Waals surface area contributed by atoms with Gasteiger partial charge in [0.2, 0.25) is 0 Å². The van der Waals surface area contributed by atoms with E-state index in [1.54, 1.807) is 15.6 Å². The van der Waals surface area contributed by atoms with E-state index in [0.29, 0.717) is 5.92 Å². The first kappa shape index (κ1) is 27.5. The lowest BCUT2D eigenvalue weighted by Gasteiger charge is -2.37. The van der Waals surface area contributed by atoms with Crippen molar-refractivity contribution in [1.82, 2.24) is 14.3 Å². The second kappa shape index (κ2) is 10.5. The molecular formula is C30H42BN5O3. The molecule has 2 aliphatic heterocycles. The number of nitrogens with zero attached hydrogens (tertiary/aromatic N) is 5. The molecule has 0 radical (unpaired) electrons. The van der Waals surface area contributed by atoms with Crippen molar-refractivity contribution in [2.24, 2.45) is 5.92 Å². The third-order valence-corrected chi connectivity index (χ3v) is 8.75. The van der Waals surface area contributed by atoms with Crippen LogP contribution in [0, 0.1) is 5.92 Å². The van der Waals surface area contributed by atoms with E-state index >= 15 is 0 Å². The van der Waals surface area contributed by atoms with Crippen molar-refractivity contribution in [2.75, 3.05) is 36.0 Å². The molecule has 0 spiro atoms. The summed E-state index contributed by atoms with van der Waals surface area (Å²) in [5, 5.41) is 4.41. The molecule has 0 amide bonds. The Bertz CT molecular complexity index is 1310. The highest BCUT2D eigenvalue weighted by molar-refractivity contribution is 6.62. The molecule has 2 fully saturated rings. The number of hydrogen-bond acceptors (Lipinski definition) is 6. The highest BCUT2D eigenvalue weighted by Crippen LogP contribution is 2.36. The first-order valence-corrected chi connectivity index (χ1v) is 14.2. The molecule has 8 nitrogen and oxygen atoms in total. The SMILES string of the molecule is CC[C@@H](C(C)C)n1ncn(-c2ccc(N3CCN(c4ccc(B5OC(C)(C)C(C)(C)O5)cc4)CC3)cc2)c1=O. The highest BCUT2D eigenvalue weighted by atomic mass is 16.7. The quantitative estimate of drug-likeness (QED) is 0.425. The number of piperazine rings is 1. The second-order valence-corrected chi connectivity index (χ2v) is 12.1. The zero-order valence-corrected chi connectivity index (χ0v) is 24.4. The van der Waals surface area contributed by atoms with Crippen LogP contribution in [0.4, 0.5) is 11.4 Å². The van der Waals surface area contributed by atoms with E-state index in [4.69, 9.17) is 9.31 Å². The Hall–Kier alpha value is -3.04. The predicted octanol–water partition coefficient (Wildman–Crippen LogP) is 4.27. The lowest BCUT2D eigenvalue weighted by Crippen LogP contribution is -2.46. The third kappa shape index (κ3) is 5.26. The van der Waals surface area contributed by atoms with Gasteiger partial charge in [-0.25, -0.2) is 14.0 Å². The van der Waals surface area contributed by atoms with Crippen LogP contribution in [0.15, 0.2) is 59.7 Å². The Labute approximate surface area is 232 Å². The van der Waals surface area contributed by atoms with E-state index in [2.05, 4.69) is 99.8 Å². The summed E-state index contributed by atoms with van der Waals surface area (Å²) in [5.41, 5.74) is 3.52. The first-order chi connectivity index (χ1) is 18.5. The molecule has 2 aromatic carbocycles. The van der Waals surface area contributed by atoms with Crippen LogP contribution in [0.1, 0.15) is 60.9 Å². The Morgan fingerprint density at radius 3 is 1.74 bits per heavy atom. The van der Waals surface area contributed by atoms with E-state index in [0.717, 1.165) is 43.8 Å². The van der Waals surface area contributed by atoms with E-state index in [9.17, 15) is 4.79 Å². The van der Waals surface area contributed by atoms with Crippen LogP contribution in [0.2, 0.25) is 0 Å². The molecule has 0 saturated carbocycles. The highest BCUT2D eigenvalue weighted by Gasteiger charge is 2.51. The lowest BCUT2D eigenvalue weighted by atomic mass is 9.79. The summed E-state index contributed by atoms with van der Waals surface area (Å²) in [6, 6.07) is 16.9. The number of benzene rings is 2. The molecule has 1 atom stereocenters. The van der Waals surface area contributed by atoms with E-state index in [1.807, 2.05) is 12.1 Å². The van der Waals surface area contributed by atoms with Crippen LogP contribution in [0.3, 0.4) is 0 Å². The fraction of sp³-hybridized carbons (Fsp3) is 0.533. The molecule has 9 heteroatoms. The monoisotopic (exact) mass is 531 g/mol. The summed E-state index contributed by atoms with van der Waals surface area (Å²) in [7, 11) is -0.336. The Morgan fingerprint density at radius 2 is 1.28 bits per heavy atom. The molecular weight excluding hydrogens is 489 g/mol. The van der Waals surface area contributed by atoms with Crippen molar-refractivity contribution in [3.8, 4) is 5.69 Å². The van der Waals surface area contributed by atoms with E-state index < -0.39 is 0 Å². The summed E-state index contributed by atoms with van der Waals surface area (Å²) in [4.78, 5) is 17.8. The largest absolute Gasteiger partial charge is 0.494 e. The first-order valence-electron chi connectivity index (χ1n) is 14.2. The van der Waals surface area contributed by atoms with E-state index in [1.165, 1.54) is 11.4 Å². The van der Waals surface area contributed by atoms with Crippen LogP contribution in [-0.4, -0.2) is 58.8 Å². The standard InChI is InChI=1S/C30H42BN5O3/c1-8-27(22(2)3)36-28(37)35(21-32-36)26-15-13-25(14-16-26)34-19-17-33(18-20-34)24-11-9-23(10-12-24)31-38-29(4,5)30(6,7)39-31/h9-16,21-22,27H,8,17-20H2,1-7H3/t27-/m0/s1. The van der Waals surface area contributed by atoms with Gasteiger partial charge in [-0.3, -0.25) is 0 Å². The molecule has 2 aliphatic rings. The second-order valence-electron chi connectivity index (χ2n) is 12.1. The predicted molar refractivity (Wildman–Crippen MR) is 159 cm³/mol. The van der Waals surface area contributed by atoms with Crippen LogP contribution < -0.4 is 21.0 Å². The van der Waals surface area contributed by atoms with Gasteiger partial charge in [0.1, 0.15) is 6.33 Å². The molecule has 2 saturated heterocycles. The molecule has 39 heavy (non-hydrogen) atoms. The maximum Gasteiger partial charge on any atom is 0.494 e. The van der Waals surface area contributed by atoms with Crippen LogP contribution in [0.25, 0.3) is 5.69 Å². The Balaban J connectivity index is 1.20. The number of aromatic nitrogens is 3. The minimum Gasteiger partial charge on any atom is -0.399 e. The van der Waals surface area contributed by atoms with Gasteiger partial charge in [-0.05, 0) is 81.9 Å². The van der Waals surface area contributed by atoms with Crippen molar-refractivity contribution < 1.29 is 9.31 Å². The minimum atomic E-state index is -0.339. The minimum absolute atomic E-state index is 0.0820. The summed E-state index contributed by atoms with van der Waals surface area (Å²) >= 11 is 0. The Kier molecular flexibility index (Phi) is 7.42. The van der Waals surface area contributed by atoms with Crippen molar-refractivity contribution >= 4 is 24.0 Å². The Morgan fingerprint density at radius 1 is 0.821 bits per heavy atom. The summed E-state index contributed by atoms with van der Waals surface area (Å²) < 4.78 is 15.7.